The maximum Gasteiger partial charge on any atom is 0.252 e. The van der Waals surface area contributed by atoms with Gasteiger partial charge in [0.25, 0.3) is 5.91 Å². The van der Waals surface area contributed by atoms with Crippen LogP contribution in [0.3, 0.4) is 0 Å². The molecule has 1 amide bonds. The third kappa shape index (κ3) is 4.39. The molecule has 0 radical (unpaired) electrons. The topological polar surface area (TPSA) is 54.0 Å². The molecular weight excluding hydrogens is 262 g/mol. The zero-order valence-corrected chi connectivity index (χ0v) is 12.0. The molecule has 0 spiro atoms. The summed E-state index contributed by atoms with van der Waals surface area (Å²) in [5, 5.41) is 6.42. The van der Waals surface area contributed by atoms with E-state index < -0.39 is 0 Å². The lowest BCUT2D eigenvalue weighted by Gasteiger charge is -2.08. The Bertz CT molecular complexity index is 446. The Labute approximate surface area is 118 Å². The summed E-state index contributed by atoms with van der Waals surface area (Å²) in [7, 11) is 0. The number of carbonyl (C=O) groups is 1. The van der Waals surface area contributed by atoms with E-state index in [4.69, 9.17) is 11.6 Å². The molecule has 4 nitrogen and oxygen atoms in total. The number of aromatic nitrogens is 1. The number of anilines is 1. The molecule has 1 aromatic rings. The minimum atomic E-state index is -0.103. The highest BCUT2D eigenvalue weighted by atomic mass is 35.5. The maximum atomic E-state index is 11.9. The highest BCUT2D eigenvalue weighted by Gasteiger charge is 2.20. The first-order valence-corrected chi connectivity index (χ1v) is 7.26. The first-order chi connectivity index (χ1) is 9.20. The second kappa shape index (κ2) is 6.75. The van der Waals surface area contributed by atoms with Crippen LogP contribution in [0.4, 0.5) is 5.82 Å². The standard InChI is InChI=1S/C14H20ClN3O/c1-2-16-13-12(15)8-11(9-18-13)14(19)17-7-3-4-10-5-6-10/h8-10H,2-7H2,1H3,(H,16,18)(H,17,19). The molecular formula is C14H20ClN3O. The molecule has 1 aliphatic rings. The van der Waals surface area contributed by atoms with E-state index in [1.165, 1.54) is 19.3 Å². The molecule has 1 aromatic heterocycles. The third-order valence-electron chi connectivity index (χ3n) is 3.22. The molecule has 2 rings (SSSR count). The fraction of sp³-hybridized carbons (Fsp3) is 0.571. The van der Waals surface area contributed by atoms with Crippen molar-refractivity contribution in [2.75, 3.05) is 18.4 Å². The number of amides is 1. The van der Waals surface area contributed by atoms with Gasteiger partial charge in [-0.1, -0.05) is 24.4 Å². The molecule has 19 heavy (non-hydrogen) atoms. The van der Waals surface area contributed by atoms with Crippen molar-refractivity contribution >= 4 is 23.3 Å². The summed E-state index contributed by atoms with van der Waals surface area (Å²) < 4.78 is 0. The predicted octanol–water partition coefficient (Wildman–Crippen LogP) is 3.09. The van der Waals surface area contributed by atoms with Crippen molar-refractivity contribution < 1.29 is 4.79 Å². The molecule has 104 valence electrons. The third-order valence-corrected chi connectivity index (χ3v) is 3.51. The molecule has 0 saturated heterocycles. The molecule has 5 heteroatoms. The minimum absolute atomic E-state index is 0.103. The molecule has 1 aliphatic carbocycles. The lowest BCUT2D eigenvalue weighted by molar-refractivity contribution is 0.0952. The summed E-state index contributed by atoms with van der Waals surface area (Å²) in [5.41, 5.74) is 0.512. The Morgan fingerprint density at radius 2 is 2.32 bits per heavy atom. The number of halogens is 1. The van der Waals surface area contributed by atoms with E-state index in [9.17, 15) is 4.79 Å². The SMILES string of the molecule is CCNc1ncc(C(=O)NCCCC2CC2)cc1Cl. The Kier molecular flexibility index (Phi) is 5.02. The fourth-order valence-corrected chi connectivity index (χ4v) is 2.19. The van der Waals surface area contributed by atoms with E-state index in [0.717, 1.165) is 25.4 Å². The number of rotatable bonds is 7. The van der Waals surface area contributed by atoms with E-state index in [1.807, 2.05) is 6.92 Å². The van der Waals surface area contributed by atoms with Gasteiger partial charge in [0.15, 0.2) is 0 Å². The van der Waals surface area contributed by atoms with Crippen LogP contribution >= 0.6 is 11.6 Å². The largest absolute Gasteiger partial charge is 0.369 e. The quantitative estimate of drug-likeness (QED) is 0.755. The smallest absolute Gasteiger partial charge is 0.252 e. The lowest BCUT2D eigenvalue weighted by Crippen LogP contribution is -2.24. The monoisotopic (exact) mass is 281 g/mol. The van der Waals surface area contributed by atoms with Crippen LogP contribution in [-0.4, -0.2) is 24.0 Å². The van der Waals surface area contributed by atoms with E-state index in [0.29, 0.717) is 16.4 Å². The normalized spacial score (nSPS) is 14.2. The van der Waals surface area contributed by atoms with E-state index in [1.54, 1.807) is 12.3 Å². The average Bonchev–Trinajstić information content (AvgIpc) is 3.21. The molecule has 0 aromatic carbocycles. The van der Waals surface area contributed by atoms with Gasteiger partial charge < -0.3 is 10.6 Å². The Morgan fingerprint density at radius 1 is 1.53 bits per heavy atom. The Balaban J connectivity index is 1.81. The van der Waals surface area contributed by atoms with Crippen LogP contribution in [0, 0.1) is 5.92 Å². The van der Waals surface area contributed by atoms with Gasteiger partial charge in [-0.05, 0) is 31.7 Å². The van der Waals surface area contributed by atoms with Crippen LogP contribution < -0.4 is 10.6 Å². The van der Waals surface area contributed by atoms with Crippen LogP contribution in [0.5, 0.6) is 0 Å². The van der Waals surface area contributed by atoms with Crippen LogP contribution in [0.25, 0.3) is 0 Å². The second-order valence-corrected chi connectivity index (χ2v) is 5.33. The van der Waals surface area contributed by atoms with Crippen LogP contribution in [-0.2, 0) is 0 Å². The van der Waals surface area contributed by atoms with Crippen molar-refractivity contribution in [3.05, 3.63) is 22.8 Å². The molecule has 0 bridgehead atoms. The average molecular weight is 282 g/mol. The number of pyridine rings is 1. The molecule has 2 N–H and O–H groups in total. The van der Waals surface area contributed by atoms with Gasteiger partial charge in [0, 0.05) is 19.3 Å². The number of hydrogen-bond acceptors (Lipinski definition) is 3. The molecule has 0 aliphatic heterocycles. The number of nitrogens with zero attached hydrogens (tertiary/aromatic N) is 1. The van der Waals surface area contributed by atoms with Gasteiger partial charge in [-0.15, -0.1) is 0 Å². The Morgan fingerprint density at radius 3 is 2.95 bits per heavy atom. The minimum Gasteiger partial charge on any atom is -0.369 e. The van der Waals surface area contributed by atoms with Crippen molar-refractivity contribution in [3.63, 3.8) is 0 Å². The van der Waals surface area contributed by atoms with Crippen molar-refractivity contribution in [2.24, 2.45) is 5.92 Å². The summed E-state index contributed by atoms with van der Waals surface area (Å²) in [4.78, 5) is 16.0. The highest BCUT2D eigenvalue weighted by molar-refractivity contribution is 6.33. The van der Waals surface area contributed by atoms with E-state index in [2.05, 4.69) is 15.6 Å². The predicted molar refractivity (Wildman–Crippen MR) is 77.7 cm³/mol. The number of carbonyl (C=O) groups excluding carboxylic acids is 1. The van der Waals surface area contributed by atoms with Gasteiger partial charge in [0.05, 0.1) is 10.6 Å². The summed E-state index contributed by atoms with van der Waals surface area (Å²) in [6.45, 7) is 3.44. The van der Waals surface area contributed by atoms with E-state index in [-0.39, 0.29) is 5.91 Å². The first-order valence-electron chi connectivity index (χ1n) is 6.88. The van der Waals surface area contributed by atoms with Gasteiger partial charge in [0.2, 0.25) is 0 Å². The molecule has 1 saturated carbocycles. The van der Waals surface area contributed by atoms with Gasteiger partial charge in [-0.3, -0.25) is 4.79 Å². The maximum absolute atomic E-state index is 11.9. The van der Waals surface area contributed by atoms with Crippen molar-refractivity contribution in [1.82, 2.24) is 10.3 Å². The van der Waals surface area contributed by atoms with Gasteiger partial charge >= 0.3 is 0 Å². The molecule has 1 heterocycles. The summed E-state index contributed by atoms with van der Waals surface area (Å²) in [6, 6.07) is 1.66. The zero-order chi connectivity index (χ0) is 13.7. The van der Waals surface area contributed by atoms with Crippen LogP contribution in [0.15, 0.2) is 12.3 Å². The summed E-state index contributed by atoms with van der Waals surface area (Å²) in [5.74, 6) is 1.43. The first kappa shape index (κ1) is 14.1. The van der Waals surface area contributed by atoms with Crippen molar-refractivity contribution in [3.8, 4) is 0 Å². The van der Waals surface area contributed by atoms with Gasteiger partial charge in [-0.2, -0.15) is 0 Å². The Hall–Kier alpha value is -1.29. The van der Waals surface area contributed by atoms with Crippen molar-refractivity contribution in [1.29, 1.82) is 0 Å². The highest BCUT2D eigenvalue weighted by Crippen LogP contribution is 2.33. The van der Waals surface area contributed by atoms with Gasteiger partial charge in [0.1, 0.15) is 5.82 Å². The lowest BCUT2D eigenvalue weighted by atomic mass is 10.2. The van der Waals surface area contributed by atoms with E-state index >= 15 is 0 Å². The summed E-state index contributed by atoms with van der Waals surface area (Å²) in [6.07, 6.45) is 6.55. The molecule has 1 fully saturated rings. The zero-order valence-electron chi connectivity index (χ0n) is 11.2. The molecule has 0 atom stereocenters. The van der Waals surface area contributed by atoms with Crippen molar-refractivity contribution in [2.45, 2.75) is 32.6 Å². The number of hydrogen-bond donors (Lipinski definition) is 2. The number of nitrogens with one attached hydrogen (secondary N) is 2. The second-order valence-electron chi connectivity index (χ2n) is 4.93. The molecule has 0 unspecified atom stereocenters. The summed E-state index contributed by atoms with van der Waals surface area (Å²) >= 11 is 6.06. The van der Waals surface area contributed by atoms with Gasteiger partial charge in [-0.25, -0.2) is 4.98 Å². The van der Waals surface area contributed by atoms with Crippen LogP contribution in [0.1, 0.15) is 43.0 Å². The van der Waals surface area contributed by atoms with Crippen LogP contribution in [0.2, 0.25) is 5.02 Å². The fourth-order valence-electron chi connectivity index (χ4n) is 1.96.